The SMILES string of the molecule is O=C(NCC1(CCl)CCCCC1)c1ccccc1O. The van der Waals surface area contributed by atoms with E-state index in [0.29, 0.717) is 18.0 Å². The van der Waals surface area contributed by atoms with Crippen molar-refractivity contribution in [2.45, 2.75) is 32.1 Å². The lowest BCUT2D eigenvalue weighted by atomic mass is 9.75. The third kappa shape index (κ3) is 3.41. The normalized spacial score (nSPS) is 17.9. The number of hydrogen-bond acceptors (Lipinski definition) is 2. The molecular weight excluding hydrogens is 262 g/mol. The highest BCUT2D eigenvalue weighted by Gasteiger charge is 2.31. The van der Waals surface area contributed by atoms with E-state index in [2.05, 4.69) is 5.32 Å². The minimum Gasteiger partial charge on any atom is -0.507 e. The van der Waals surface area contributed by atoms with Gasteiger partial charge in [0, 0.05) is 17.8 Å². The summed E-state index contributed by atoms with van der Waals surface area (Å²) in [6, 6.07) is 6.59. The van der Waals surface area contributed by atoms with Crippen molar-refractivity contribution in [3.05, 3.63) is 29.8 Å². The van der Waals surface area contributed by atoms with Gasteiger partial charge in [0.2, 0.25) is 0 Å². The molecule has 2 N–H and O–H groups in total. The van der Waals surface area contributed by atoms with Crippen LogP contribution in [0.25, 0.3) is 0 Å². The lowest BCUT2D eigenvalue weighted by molar-refractivity contribution is 0.0918. The Bertz CT molecular complexity index is 442. The molecule has 0 heterocycles. The van der Waals surface area contributed by atoms with E-state index in [4.69, 9.17) is 11.6 Å². The minimum atomic E-state index is -0.229. The van der Waals surface area contributed by atoms with Gasteiger partial charge in [0.25, 0.3) is 5.91 Å². The molecule has 0 unspecified atom stereocenters. The Hall–Kier alpha value is -1.22. The maximum atomic E-state index is 12.1. The van der Waals surface area contributed by atoms with Gasteiger partial charge < -0.3 is 10.4 Å². The standard InChI is InChI=1S/C15H20ClNO2/c16-10-15(8-4-1-5-9-15)11-17-14(19)12-6-2-3-7-13(12)18/h2-3,6-7,18H,1,4-5,8-11H2,(H,17,19). The maximum absolute atomic E-state index is 12.1. The Kier molecular flexibility index (Phi) is 4.70. The number of alkyl halides is 1. The molecule has 1 aromatic carbocycles. The van der Waals surface area contributed by atoms with Crippen molar-refractivity contribution in [3.8, 4) is 5.75 Å². The number of carbonyl (C=O) groups is 1. The van der Waals surface area contributed by atoms with Crippen molar-refractivity contribution in [2.75, 3.05) is 12.4 Å². The fraction of sp³-hybridized carbons (Fsp3) is 0.533. The number of benzene rings is 1. The minimum absolute atomic E-state index is 0.0172. The largest absolute Gasteiger partial charge is 0.507 e. The Labute approximate surface area is 119 Å². The quantitative estimate of drug-likeness (QED) is 0.832. The first kappa shape index (κ1) is 14.2. The van der Waals surface area contributed by atoms with E-state index < -0.39 is 0 Å². The third-order valence-corrected chi connectivity index (χ3v) is 4.54. The van der Waals surface area contributed by atoms with E-state index >= 15 is 0 Å². The van der Waals surface area contributed by atoms with Crippen LogP contribution < -0.4 is 5.32 Å². The summed E-state index contributed by atoms with van der Waals surface area (Å²) in [6.45, 7) is 0.587. The second-order valence-electron chi connectivity index (χ2n) is 5.39. The molecule has 0 bridgehead atoms. The molecule has 0 radical (unpaired) electrons. The number of hydrogen-bond donors (Lipinski definition) is 2. The van der Waals surface area contributed by atoms with Gasteiger partial charge in [0.05, 0.1) is 5.56 Å². The fourth-order valence-corrected chi connectivity index (χ4v) is 3.05. The number of carbonyl (C=O) groups excluding carboxylic acids is 1. The molecule has 3 nitrogen and oxygen atoms in total. The zero-order chi connectivity index (χ0) is 13.7. The number of para-hydroxylation sites is 1. The van der Waals surface area contributed by atoms with Crippen molar-refractivity contribution in [1.29, 1.82) is 0 Å². The second-order valence-corrected chi connectivity index (χ2v) is 5.66. The summed E-state index contributed by atoms with van der Waals surface area (Å²) in [4.78, 5) is 12.1. The summed E-state index contributed by atoms with van der Waals surface area (Å²) in [7, 11) is 0. The Balaban J connectivity index is 1.98. The summed E-state index contributed by atoms with van der Waals surface area (Å²) in [5, 5.41) is 12.6. The Morgan fingerprint density at radius 3 is 2.58 bits per heavy atom. The summed E-state index contributed by atoms with van der Waals surface area (Å²) >= 11 is 6.10. The van der Waals surface area contributed by atoms with Gasteiger partial charge in [-0.3, -0.25) is 4.79 Å². The van der Waals surface area contributed by atoms with Gasteiger partial charge in [-0.05, 0) is 25.0 Å². The van der Waals surface area contributed by atoms with Crippen molar-refractivity contribution in [1.82, 2.24) is 5.32 Å². The van der Waals surface area contributed by atoms with Crippen LogP contribution in [-0.2, 0) is 0 Å². The molecule has 4 heteroatoms. The number of nitrogens with one attached hydrogen (secondary N) is 1. The number of halogens is 1. The van der Waals surface area contributed by atoms with Gasteiger partial charge >= 0.3 is 0 Å². The first-order valence-corrected chi connectivity index (χ1v) is 7.32. The van der Waals surface area contributed by atoms with Crippen LogP contribution in [0.3, 0.4) is 0 Å². The molecular formula is C15H20ClNO2. The number of phenols is 1. The Morgan fingerprint density at radius 2 is 1.95 bits per heavy atom. The summed E-state index contributed by atoms with van der Waals surface area (Å²) in [5.74, 6) is 0.366. The molecule has 1 aliphatic rings. The van der Waals surface area contributed by atoms with Crippen LogP contribution in [0.5, 0.6) is 5.75 Å². The highest BCUT2D eigenvalue weighted by atomic mass is 35.5. The van der Waals surface area contributed by atoms with Gasteiger partial charge in [-0.2, -0.15) is 0 Å². The summed E-state index contributed by atoms with van der Waals surface area (Å²) < 4.78 is 0. The maximum Gasteiger partial charge on any atom is 0.255 e. The Morgan fingerprint density at radius 1 is 1.26 bits per heavy atom. The van der Waals surface area contributed by atoms with E-state index in [1.807, 2.05) is 0 Å². The molecule has 1 amide bonds. The number of amides is 1. The van der Waals surface area contributed by atoms with Crippen LogP contribution in [-0.4, -0.2) is 23.4 Å². The third-order valence-electron chi connectivity index (χ3n) is 3.97. The molecule has 104 valence electrons. The van der Waals surface area contributed by atoms with E-state index in [1.165, 1.54) is 25.3 Å². The molecule has 0 aliphatic heterocycles. The number of aromatic hydroxyl groups is 1. The fourth-order valence-electron chi connectivity index (χ4n) is 2.69. The van der Waals surface area contributed by atoms with E-state index in [1.54, 1.807) is 18.2 Å². The van der Waals surface area contributed by atoms with Crippen LogP contribution in [0.15, 0.2) is 24.3 Å². The number of phenolic OH excluding ortho intramolecular Hbond substituents is 1. The first-order chi connectivity index (χ1) is 9.17. The monoisotopic (exact) mass is 281 g/mol. The highest BCUT2D eigenvalue weighted by Crippen LogP contribution is 2.36. The molecule has 1 saturated carbocycles. The van der Waals surface area contributed by atoms with E-state index in [9.17, 15) is 9.90 Å². The van der Waals surface area contributed by atoms with Gasteiger partial charge in [-0.1, -0.05) is 31.4 Å². The van der Waals surface area contributed by atoms with Gasteiger partial charge in [-0.15, -0.1) is 11.6 Å². The van der Waals surface area contributed by atoms with Crippen molar-refractivity contribution in [3.63, 3.8) is 0 Å². The second kappa shape index (κ2) is 6.29. The molecule has 0 aromatic heterocycles. The van der Waals surface area contributed by atoms with Crippen molar-refractivity contribution >= 4 is 17.5 Å². The molecule has 0 spiro atoms. The average Bonchev–Trinajstić information content (AvgIpc) is 2.46. The number of rotatable bonds is 4. The van der Waals surface area contributed by atoms with Crippen LogP contribution in [0.4, 0.5) is 0 Å². The van der Waals surface area contributed by atoms with Crippen molar-refractivity contribution < 1.29 is 9.90 Å². The lowest BCUT2D eigenvalue weighted by Gasteiger charge is -2.35. The van der Waals surface area contributed by atoms with Crippen LogP contribution in [0.1, 0.15) is 42.5 Å². The van der Waals surface area contributed by atoms with E-state index in [-0.39, 0.29) is 17.1 Å². The van der Waals surface area contributed by atoms with Gasteiger partial charge in [0.1, 0.15) is 5.75 Å². The molecule has 1 fully saturated rings. The molecule has 2 rings (SSSR count). The predicted molar refractivity (Wildman–Crippen MR) is 76.7 cm³/mol. The molecule has 0 atom stereocenters. The average molecular weight is 282 g/mol. The van der Waals surface area contributed by atoms with Gasteiger partial charge in [-0.25, -0.2) is 0 Å². The predicted octanol–water partition coefficient (Wildman–Crippen LogP) is 3.31. The highest BCUT2D eigenvalue weighted by molar-refractivity contribution is 6.18. The molecule has 0 saturated heterocycles. The lowest BCUT2D eigenvalue weighted by Crippen LogP contribution is -2.40. The zero-order valence-corrected chi connectivity index (χ0v) is 11.7. The zero-order valence-electron chi connectivity index (χ0n) is 11.0. The van der Waals surface area contributed by atoms with E-state index in [0.717, 1.165) is 12.8 Å². The van der Waals surface area contributed by atoms with Crippen molar-refractivity contribution in [2.24, 2.45) is 5.41 Å². The molecule has 1 aromatic rings. The van der Waals surface area contributed by atoms with Gasteiger partial charge in [0.15, 0.2) is 0 Å². The molecule has 19 heavy (non-hydrogen) atoms. The first-order valence-electron chi connectivity index (χ1n) is 6.79. The summed E-state index contributed by atoms with van der Waals surface area (Å²) in [5.41, 5.74) is 0.350. The van der Waals surface area contributed by atoms with Crippen LogP contribution in [0.2, 0.25) is 0 Å². The van der Waals surface area contributed by atoms with Crippen LogP contribution >= 0.6 is 11.6 Å². The molecule has 1 aliphatic carbocycles. The topological polar surface area (TPSA) is 49.3 Å². The summed E-state index contributed by atoms with van der Waals surface area (Å²) in [6.07, 6.45) is 5.75. The smallest absolute Gasteiger partial charge is 0.255 e. The van der Waals surface area contributed by atoms with Crippen LogP contribution in [0, 0.1) is 5.41 Å².